The summed E-state index contributed by atoms with van der Waals surface area (Å²) in [5, 5.41) is 18.6. The van der Waals surface area contributed by atoms with Crippen molar-refractivity contribution in [1.82, 2.24) is 15.0 Å². The number of nitriles is 1. The highest BCUT2D eigenvalue weighted by Crippen LogP contribution is 2.35. The van der Waals surface area contributed by atoms with Crippen molar-refractivity contribution in [3.63, 3.8) is 0 Å². The number of fused-ring (bicyclic) bond motifs is 1. The van der Waals surface area contributed by atoms with Gasteiger partial charge in [0.1, 0.15) is 16.4 Å². The molecule has 0 spiro atoms. The Labute approximate surface area is 178 Å². The Morgan fingerprint density at radius 2 is 1.84 bits per heavy atom. The third-order valence-electron chi connectivity index (χ3n) is 4.55. The standard InChI is InChI=1S/C18H13ClF3N5O3S/c1-17(8-23,9-27-25-14-5-2-10(19)6-15(14)26-27)13-7-11(3-4-12(13)16(24)28)31(29,30)18(20,21)22/h2-7H,9H2,1H3,(H2,24,28). The van der Waals surface area contributed by atoms with Gasteiger partial charge in [0.2, 0.25) is 5.91 Å². The van der Waals surface area contributed by atoms with Crippen molar-refractivity contribution >= 4 is 38.4 Å². The molecule has 0 bridgehead atoms. The molecule has 0 radical (unpaired) electrons. The number of amides is 1. The smallest absolute Gasteiger partial charge is 0.366 e. The van der Waals surface area contributed by atoms with Crippen LogP contribution >= 0.6 is 11.6 Å². The van der Waals surface area contributed by atoms with Gasteiger partial charge in [0, 0.05) is 10.6 Å². The first-order valence-electron chi connectivity index (χ1n) is 8.46. The third kappa shape index (κ3) is 4.06. The summed E-state index contributed by atoms with van der Waals surface area (Å²) < 4.78 is 62.7. The Morgan fingerprint density at radius 1 is 1.19 bits per heavy atom. The van der Waals surface area contributed by atoms with Gasteiger partial charge in [-0.25, -0.2) is 8.42 Å². The number of alkyl halides is 3. The molecule has 0 fully saturated rings. The minimum Gasteiger partial charge on any atom is -0.366 e. The number of primary amides is 1. The molecule has 1 atom stereocenters. The van der Waals surface area contributed by atoms with E-state index in [1.165, 1.54) is 13.0 Å². The summed E-state index contributed by atoms with van der Waals surface area (Å²) >= 11 is 5.91. The van der Waals surface area contributed by atoms with Crippen LogP contribution in [0, 0.1) is 11.3 Å². The zero-order valence-corrected chi connectivity index (χ0v) is 17.3. The van der Waals surface area contributed by atoms with Crippen LogP contribution in [0.4, 0.5) is 13.2 Å². The predicted molar refractivity (Wildman–Crippen MR) is 104 cm³/mol. The quantitative estimate of drug-likeness (QED) is 0.608. The number of rotatable bonds is 5. The second-order valence-corrected chi connectivity index (χ2v) is 9.21. The maximum atomic E-state index is 13.0. The molecular formula is C18H13ClF3N5O3S. The Balaban J connectivity index is 2.16. The summed E-state index contributed by atoms with van der Waals surface area (Å²) in [4.78, 5) is 11.9. The summed E-state index contributed by atoms with van der Waals surface area (Å²) in [5.41, 5.74) is -1.73. The van der Waals surface area contributed by atoms with Crippen LogP contribution < -0.4 is 5.73 Å². The predicted octanol–water partition coefficient (Wildman–Crippen LogP) is 2.96. The summed E-state index contributed by atoms with van der Waals surface area (Å²) in [6.07, 6.45) is 0. The topological polar surface area (TPSA) is 132 Å². The normalized spacial score (nSPS) is 14.2. The van der Waals surface area contributed by atoms with E-state index in [2.05, 4.69) is 10.2 Å². The zero-order chi connectivity index (χ0) is 23.2. The Morgan fingerprint density at radius 3 is 2.42 bits per heavy atom. The maximum absolute atomic E-state index is 13.0. The molecule has 13 heteroatoms. The van der Waals surface area contributed by atoms with E-state index >= 15 is 0 Å². The molecule has 8 nitrogen and oxygen atoms in total. The van der Waals surface area contributed by atoms with Crippen molar-refractivity contribution in [3.05, 3.63) is 52.5 Å². The molecule has 0 aliphatic carbocycles. The van der Waals surface area contributed by atoms with Crippen LogP contribution in [0.5, 0.6) is 0 Å². The van der Waals surface area contributed by atoms with Gasteiger partial charge in [0.25, 0.3) is 9.84 Å². The Bertz CT molecular complexity index is 1350. The first kappa shape index (κ1) is 22.5. The summed E-state index contributed by atoms with van der Waals surface area (Å²) in [5.74, 6) is -1.04. The maximum Gasteiger partial charge on any atom is 0.501 e. The molecule has 0 aliphatic heterocycles. The van der Waals surface area contributed by atoms with Gasteiger partial charge in [-0.2, -0.15) is 33.4 Å². The van der Waals surface area contributed by atoms with Crippen LogP contribution in [-0.4, -0.2) is 34.8 Å². The van der Waals surface area contributed by atoms with Gasteiger partial charge in [-0.15, -0.1) is 0 Å². The molecule has 1 unspecified atom stereocenters. The molecule has 2 N–H and O–H groups in total. The van der Waals surface area contributed by atoms with E-state index in [0.29, 0.717) is 28.2 Å². The second-order valence-electron chi connectivity index (χ2n) is 6.83. The SMILES string of the molecule is CC(C#N)(Cn1nc2ccc(Cl)cc2n1)c1cc(S(=O)(=O)C(F)(F)F)ccc1C(N)=O. The second kappa shape index (κ2) is 7.51. The highest BCUT2D eigenvalue weighted by molar-refractivity contribution is 7.92. The minimum atomic E-state index is -5.72. The number of aromatic nitrogens is 3. The van der Waals surface area contributed by atoms with Gasteiger partial charge in [-0.1, -0.05) is 11.6 Å². The van der Waals surface area contributed by atoms with Crippen LogP contribution in [0.25, 0.3) is 11.0 Å². The van der Waals surface area contributed by atoms with Crippen LogP contribution in [0.15, 0.2) is 41.3 Å². The van der Waals surface area contributed by atoms with E-state index < -0.39 is 31.6 Å². The average molecular weight is 472 g/mol. The molecule has 3 aromatic rings. The highest BCUT2D eigenvalue weighted by Gasteiger charge is 2.47. The molecule has 1 aromatic heterocycles. The lowest BCUT2D eigenvalue weighted by atomic mass is 9.81. The van der Waals surface area contributed by atoms with Crippen molar-refractivity contribution in [1.29, 1.82) is 5.26 Å². The molecule has 0 saturated carbocycles. The highest BCUT2D eigenvalue weighted by atomic mass is 35.5. The first-order valence-corrected chi connectivity index (χ1v) is 10.3. The van der Waals surface area contributed by atoms with Crippen molar-refractivity contribution in [2.75, 3.05) is 0 Å². The number of halogens is 4. The van der Waals surface area contributed by atoms with Crippen LogP contribution in [-0.2, 0) is 21.8 Å². The first-order chi connectivity index (χ1) is 14.3. The molecule has 0 saturated heterocycles. The monoisotopic (exact) mass is 471 g/mol. The molecule has 162 valence electrons. The third-order valence-corrected chi connectivity index (χ3v) is 6.27. The Kier molecular flexibility index (Phi) is 5.45. The van der Waals surface area contributed by atoms with Crippen molar-refractivity contribution < 1.29 is 26.4 Å². The number of carbonyl (C=O) groups excluding carboxylic acids is 1. The number of nitrogens with zero attached hydrogens (tertiary/aromatic N) is 4. The summed E-state index contributed by atoms with van der Waals surface area (Å²) in [6.45, 7) is 0.991. The number of benzene rings is 2. The molecular weight excluding hydrogens is 459 g/mol. The molecule has 3 rings (SSSR count). The van der Waals surface area contributed by atoms with E-state index in [1.807, 2.05) is 6.07 Å². The lowest BCUT2D eigenvalue weighted by Gasteiger charge is -2.24. The number of carbonyl (C=O) groups is 1. The molecule has 1 amide bonds. The van der Waals surface area contributed by atoms with Crippen molar-refractivity contribution in [2.45, 2.75) is 29.3 Å². The number of sulfone groups is 1. The van der Waals surface area contributed by atoms with Gasteiger partial charge < -0.3 is 5.73 Å². The van der Waals surface area contributed by atoms with Gasteiger partial charge in [0.15, 0.2) is 0 Å². The average Bonchev–Trinajstić information content (AvgIpc) is 3.07. The number of hydrogen-bond acceptors (Lipinski definition) is 6. The number of hydrogen-bond donors (Lipinski definition) is 1. The fourth-order valence-electron chi connectivity index (χ4n) is 2.96. The van der Waals surface area contributed by atoms with Crippen LogP contribution in [0.1, 0.15) is 22.8 Å². The van der Waals surface area contributed by atoms with E-state index in [0.717, 1.165) is 10.9 Å². The lowest BCUT2D eigenvalue weighted by Crippen LogP contribution is -2.32. The van der Waals surface area contributed by atoms with Crippen molar-refractivity contribution in [2.24, 2.45) is 5.73 Å². The van der Waals surface area contributed by atoms with Gasteiger partial charge >= 0.3 is 5.51 Å². The van der Waals surface area contributed by atoms with Gasteiger partial charge in [0.05, 0.1) is 17.5 Å². The minimum absolute atomic E-state index is 0.299. The zero-order valence-electron chi connectivity index (χ0n) is 15.7. The fraction of sp³-hybridized carbons (Fsp3) is 0.222. The van der Waals surface area contributed by atoms with E-state index in [-0.39, 0.29) is 17.7 Å². The van der Waals surface area contributed by atoms with Crippen LogP contribution in [0.2, 0.25) is 5.02 Å². The van der Waals surface area contributed by atoms with Crippen LogP contribution in [0.3, 0.4) is 0 Å². The van der Waals surface area contributed by atoms with E-state index in [1.54, 1.807) is 12.1 Å². The molecule has 2 aromatic carbocycles. The molecule has 31 heavy (non-hydrogen) atoms. The Hall–Kier alpha value is -3.17. The molecule has 1 heterocycles. The summed E-state index contributed by atoms with van der Waals surface area (Å²) in [6, 6.07) is 8.67. The fourth-order valence-corrected chi connectivity index (χ4v) is 3.92. The lowest BCUT2D eigenvalue weighted by molar-refractivity contribution is -0.0436. The molecule has 0 aliphatic rings. The van der Waals surface area contributed by atoms with Gasteiger partial charge in [-0.3, -0.25) is 4.79 Å². The van der Waals surface area contributed by atoms with E-state index in [4.69, 9.17) is 17.3 Å². The van der Waals surface area contributed by atoms with Crippen molar-refractivity contribution in [3.8, 4) is 6.07 Å². The number of nitrogens with two attached hydrogens (primary N) is 1. The largest absolute Gasteiger partial charge is 0.501 e. The summed E-state index contributed by atoms with van der Waals surface area (Å²) in [7, 11) is -5.72. The van der Waals surface area contributed by atoms with Gasteiger partial charge in [-0.05, 0) is 48.9 Å². The van der Waals surface area contributed by atoms with E-state index in [9.17, 15) is 31.6 Å².